The van der Waals surface area contributed by atoms with E-state index in [-0.39, 0.29) is 54.7 Å². The van der Waals surface area contributed by atoms with Gasteiger partial charge in [-0.05, 0) is 96.4 Å². The fraction of sp³-hybridized carbons (Fsp3) is 0.537. The van der Waals surface area contributed by atoms with Crippen LogP contribution in [-0.4, -0.2) is 83.0 Å². The minimum atomic E-state index is -3.87. The number of ether oxygens (including phenoxy) is 2. The molecule has 5 atom stereocenters. The van der Waals surface area contributed by atoms with Gasteiger partial charge in [-0.3, -0.25) is 23.9 Å². The molecular weight excluding hydrogens is 757 g/mol. The van der Waals surface area contributed by atoms with Gasteiger partial charge in [-0.2, -0.15) is 0 Å². The van der Waals surface area contributed by atoms with Crippen LogP contribution in [0.5, 0.6) is 17.4 Å². The minimum Gasteiger partial charge on any atom is -0.508 e. The van der Waals surface area contributed by atoms with Gasteiger partial charge in [0.15, 0.2) is 5.78 Å². The molecule has 7 rings (SSSR count). The van der Waals surface area contributed by atoms with Crippen molar-refractivity contribution in [3.05, 3.63) is 57.8 Å². The van der Waals surface area contributed by atoms with Crippen LogP contribution in [0.15, 0.2) is 42.5 Å². The molecule has 0 bridgehead atoms. The molecule has 300 valence electrons. The number of pyridine rings is 1. The Morgan fingerprint density at radius 2 is 1.86 bits per heavy atom. The summed E-state index contributed by atoms with van der Waals surface area (Å²) in [6.45, 7) is 7.39. The van der Waals surface area contributed by atoms with Crippen molar-refractivity contribution in [1.82, 2.24) is 19.9 Å². The summed E-state index contributed by atoms with van der Waals surface area (Å²) in [5.41, 5.74) is -0.254. The Balaban J connectivity index is 1.23. The number of amides is 3. The SMILES string of the molecule is Cc1ccc(C(=O)N[C@H]2CCCCC/C=C\[C@@H]3C[C@@]3(C(=O)NS(=O)(=O)C3CC3)CC(=O)[C@@H]3C[C@@H](Oc4cc(OC(C)C)nc5c(C)c(O)ccc45)CN3C2=O)s1. The first kappa shape index (κ1) is 39.7. The number of Topliss-reactive ketones (excluding diaryl/α,β-unsaturated/α-hetero) is 1. The summed E-state index contributed by atoms with van der Waals surface area (Å²) in [7, 11) is -3.87. The lowest BCUT2D eigenvalue weighted by Gasteiger charge is -2.29. The first-order valence-corrected chi connectivity index (χ1v) is 21.9. The summed E-state index contributed by atoms with van der Waals surface area (Å²) in [5.74, 6) is -1.44. The van der Waals surface area contributed by atoms with Crippen molar-refractivity contribution in [2.45, 2.75) is 121 Å². The highest BCUT2D eigenvalue weighted by Crippen LogP contribution is 2.57. The highest BCUT2D eigenvalue weighted by Gasteiger charge is 2.61. The number of fused-ring (bicyclic) bond motifs is 3. The number of phenolic OH excluding ortho intramolecular Hbond substituents is 1. The van der Waals surface area contributed by atoms with Crippen LogP contribution in [0.4, 0.5) is 0 Å². The van der Waals surface area contributed by atoms with Gasteiger partial charge in [-0.15, -0.1) is 11.3 Å². The second-order valence-corrected chi connectivity index (χ2v) is 19.2. The van der Waals surface area contributed by atoms with Gasteiger partial charge in [0.2, 0.25) is 27.7 Å². The fourth-order valence-corrected chi connectivity index (χ4v) is 10.1. The number of carbonyl (C=O) groups is 4. The standard InChI is InChI=1S/C41H50N4O9S2/c1-23(2)53-36-19-34(29-15-16-32(46)25(4)37(29)43-36)54-27-18-31-33(47)21-41(40(50)44-56(51,52)28-13-14-28)20-26(41)10-8-6-5-7-9-11-30(39(49)45(31)22-27)42-38(48)35-17-12-24(3)55-35/h8,10,12,15-17,19,23,26-28,30-31,46H,5-7,9,11,13-14,18,20-22H2,1-4H3,(H,42,48)(H,44,50)/b10-8-/t26-,27-,30+,31+,41-/m1/s1. The molecule has 4 aliphatic rings. The molecule has 2 aliphatic heterocycles. The van der Waals surface area contributed by atoms with Crippen molar-refractivity contribution in [2.75, 3.05) is 6.54 Å². The van der Waals surface area contributed by atoms with E-state index in [4.69, 9.17) is 9.47 Å². The maximum absolute atomic E-state index is 14.7. The fourth-order valence-electron chi connectivity index (χ4n) is 7.92. The molecule has 0 spiro atoms. The van der Waals surface area contributed by atoms with Crippen molar-refractivity contribution in [2.24, 2.45) is 11.3 Å². The highest BCUT2D eigenvalue weighted by atomic mass is 32.2. The summed E-state index contributed by atoms with van der Waals surface area (Å²) in [6.07, 6.45) is 7.49. The molecule has 0 unspecified atom stereocenters. The quantitative estimate of drug-likeness (QED) is 0.229. The molecule has 2 aliphatic carbocycles. The van der Waals surface area contributed by atoms with Crippen LogP contribution < -0.4 is 19.5 Å². The van der Waals surface area contributed by atoms with E-state index in [1.165, 1.54) is 16.2 Å². The van der Waals surface area contributed by atoms with Crippen LogP contribution in [0.25, 0.3) is 10.9 Å². The van der Waals surface area contributed by atoms with Gasteiger partial charge in [-0.1, -0.05) is 25.0 Å². The number of hydrogen-bond donors (Lipinski definition) is 3. The molecular formula is C41H50N4O9S2. The molecule has 2 saturated carbocycles. The molecule has 0 radical (unpaired) electrons. The van der Waals surface area contributed by atoms with Crippen molar-refractivity contribution in [3.8, 4) is 17.4 Å². The number of nitrogens with zero attached hydrogens (tertiary/aromatic N) is 2. The Bertz CT molecular complexity index is 2180. The normalized spacial score (nSPS) is 26.5. The van der Waals surface area contributed by atoms with E-state index in [1.807, 2.05) is 39.0 Å². The smallest absolute Gasteiger partial charge is 0.262 e. The van der Waals surface area contributed by atoms with Gasteiger partial charge in [0.05, 0.1) is 39.7 Å². The van der Waals surface area contributed by atoms with Gasteiger partial charge in [-0.25, -0.2) is 13.4 Å². The lowest BCUT2D eigenvalue weighted by atomic mass is 9.91. The Kier molecular flexibility index (Phi) is 11.2. The predicted molar refractivity (Wildman–Crippen MR) is 211 cm³/mol. The second kappa shape index (κ2) is 15.8. The zero-order chi connectivity index (χ0) is 39.9. The molecule has 56 heavy (non-hydrogen) atoms. The Morgan fingerprint density at radius 1 is 1.07 bits per heavy atom. The molecule has 2 aromatic heterocycles. The topological polar surface area (TPSA) is 181 Å². The summed E-state index contributed by atoms with van der Waals surface area (Å²) in [4.78, 5) is 64.2. The number of sulfonamides is 1. The average Bonchev–Trinajstić information content (AvgIpc) is 4.03. The zero-order valence-corrected chi connectivity index (χ0v) is 33.8. The van der Waals surface area contributed by atoms with Crippen LogP contribution in [0.2, 0.25) is 0 Å². The number of allylic oxidation sites excluding steroid dienone is 2. The largest absolute Gasteiger partial charge is 0.508 e. The number of aromatic nitrogens is 1. The average molecular weight is 807 g/mol. The van der Waals surface area contributed by atoms with Crippen molar-refractivity contribution >= 4 is 55.8 Å². The van der Waals surface area contributed by atoms with Crippen LogP contribution in [-0.2, 0) is 24.4 Å². The number of rotatable bonds is 9. The van der Waals surface area contributed by atoms with Crippen molar-refractivity contribution in [1.29, 1.82) is 0 Å². The Hall–Kier alpha value is -4.50. The Morgan fingerprint density at radius 3 is 2.57 bits per heavy atom. The lowest BCUT2D eigenvalue weighted by Crippen LogP contribution is -2.52. The number of aryl methyl sites for hydroxylation is 2. The lowest BCUT2D eigenvalue weighted by molar-refractivity contribution is -0.140. The summed E-state index contributed by atoms with van der Waals surface area (Å²) in [5, 5.41) is 13.5. The van der Waals surface area contributed by atoms with E-state index in [9.17, 15) is 32.7 Å². The van der Waals surface area contributed by atoms with Crippen molar-refractivity contribution < 1.29 is 42.2 Å². The van der Waals surface area contributed by atoms with Gasteiger partial charge < -0.3 is 24.8 Å². The maximum atomic E-state index is 14.7. The van der Waals surface area contributed by atoms with Crippen LogP contribution in [0, 0.1) is 25.2 Å². The first-order valence-electron chi connectivity index (χ1n) is 19.5. The summed E-state index contributed by atoms with van der Waals surface area (Å²) < 4.78 is 40.7. The third-order valence-corrected chi connectivity index (χ3v) is 14.1. The molecule has 3 fully saturated rings. The minimum absolute atomic E-state index is 0.0135. The van der Waals surface area contributed by atoms with Gasteiger partial charge in [0.25, 0.3) is 5.91 Å². The Labute approximate surface area is 331 Å². The number of hydrogen-bond acceptors (Lipinski definition) is 11. The van der Waals surface area contributed by atoms with E-state index in [0.717, 1.165) is 24.1 Å². The number of benzene rings is 1. The molecule has 3 N–H and O–H groups in total. The second-order valence-electron chi connectivity index (χ2n) is 16.0. The molecule has 1 aromatic carbocycles. The highest BCUT2D eigenvalue weighted by molar-refractivity contribution is 7.90. The van der Waals surface area contributed by atoms with E-state index < -0.39 is 50.7 Å². The molecule has 1 saturated heterocycles. The molecule has 15 heteroatoms. The third kappa shape index (κ3) is 8.43. The van der Waals surface area contributed by atoms with Gasteiger partial charge >= 0.3 is 0 Å². The molecule has 13 nitrogen and oxygen atoms in total. The monoisotopic (exact) mass is 806 g/mol. The van der Waals surface area contributed by atoms with E-state index in [0.29, 0.717) is 59.2 Å². The number of ketones is 1. The van der Waals surface area contributed by atoms with Crippen LogP contribution in [0.3, 0.4) is 0 Å². The van der Waals surface area contributed by atoms with Crippen LogP contribution in [0.1, 0.15) is 98.2 Å². The number of nitrogens with one attached hydrogen (secondary N) is 2. The number of phenols is 1. The van der Waals surface area contributed by atoms with Crippen LogP contribution >= 0.6 is 11.3 Å². The number of carbonyl (C=O) groups excluding carboxylic acids is 4. The van der Waals surface area contributed by atoms with E-state index in [2.05, 4.69) is 15.0 Å². The summed E-state index contributed by atoms with van der Waals surface area (Å²) in [6, 6.07) is 6.54. The maximum Gasteiger partial charge on any atom is 0.262 e. The first-order chi connectivity index (χ1) is 26.6. The van der Waals surface area contributed by atoms with Gasteiger partial charge in [0, 0.05) is 34.7 Å². The predicted octanol–water partition coefficient (Wildman–Crippen LogP) is 5.65. The van der Waals surface area contributed by atoms with E-state index >= 15 is 0 Å². The van der Waals surface area contributed by atoms with Gasteiger partial charge in [0.1, 0.15) is 23.6 Å². The summed E-state index contributed by atoms with van der Waals surface area (Å²) >= 11 is 1.33. The molecule has 3 aromatic rings. The zero-order valence-electron chi connectivity index (χ0n) is 32.2. The number of aromatic hydroxyl groups is 1. The van der Waals surface area contributed by atoms with Crippen molar-refractivity contribution in [3.63, 3.8) is 0 Å². The molecule has 4 heterocycles. The van der Waals surface area contributed by atoms with E-state index in [1.54, 1.807) is 31.2 Å². The number of thiophene rings is 1. The molecule has 3 amide bonds. The third-order valence-electron chi connectivity index (χ3n) is 11.3.